The molecule has 1 atom stereocenters. The highest BCUT2D eigenvalue weighted by Crippen LogP contribution is 2.20. The summed E-state index contributed by atoms with van der Waals surface area (Å²) >= 11 is 3.51. The van der Waals surface area contributed by atoms with Crippen LogP contribution in [0.5, 0.6) is 0 Å². The van der Waals surface area contributed by atoms with E-state index in [1.807, 2.05) is 30.3 Å². The lowest BCUT2D eigenvalue weighted by molar-refractivity contribution is 0.356. The van der Waals surface area contributed by atoms with Crippen molar-refractivity contribution in [3.8, 4) is 0 Å². The number of nitrogens with zero attached hydrogens (tertiary/aromatic N) is 1. The zero-order valence-corrected chi connectivity index (χ0v) is 12.7. The largest absolute Gasteiger partial charge is 0.214 e. The quantitative estimate of drug-likeness (QED) is 0.794. The van der Waals surface area contributed by atoms with Crippen molar-refractivity contribution in [1.82, 2.24) is 4.31 Å². The Bertz CT molecular complexity index is 475. The van der Waals surface area contributed by atoms with Crippen molar-refractivity contribution in [3.63, 3.8) is 0 Å². The van der Waals surface area contributed by atoms with Crippen LogP contribution in [-0.4, -0.2) is 36.4 Å². The molecule has 1 fully saturated rings. The molecule has 0 N–H and O–H groups in total. The van der Waals surface area contributed by atoms with Crippen LogP contribution in [0.25, 0.3) is 0 Å². The first-order valence-electron chi connectivity index (χ1n) is 6.24. The van der Waals surface area contributed by atoms with Crippen LogP contribution < -0.4 is 0 Å². The molecule has 18 heavy (non-hydrogen) atoms. The zero-order chi connectivity index (χ0) is 13.0. The highest BCUT2D eigenvalue weighted by molar-refractivity contribution is 9.09. The standard InChI is InChI=1S/C13H18BrNO2S/c14-13-7-4-9-15(11-13)18(16,17)10-8-12-5-2-1-3-6-12/h1-3,5-6,13H,4,7-11H2. The molecule has 0 saturated carbocycles. The van der Waals surface area contributed by atoms with Gasteiger partial charge >= 0.3 is 0 Å². The maximum Gasteiger partial charge on any atom is 0.214 e. The van der Waals surface area contributed by atoms with Crippen molar-refractivity contribution in [1.29, 1.82) is 0 Å². The van der Waals surface area contributed by atoms with Gasteiger partial charge in [-0.1, -0.05) is 46.3 Å². The molecule has 1 saturated heterocycles. The van der Waals surface area contributed by atoms with E-state index in [9.17, 15) is 8.42 Å². The number of aryl methyl sites for hydroxylation is 1. The van der Waals surface area contributed by atoms with Crippen LogP contribution in [0.15, 0.2) is 30.3 Å². The maximum atomic E-state index is 12.2. The minimum absolute atomic E-state index is 0.205. The second-order valence-electron chi connectivity index (χ2n) is 4.65. The number of sulfonamides is 1. The Hall–Kier alpha value is -0.390. The molecule has 1 aromatic carbocycles. The van der Waals surface area contributed by atoms with Gasteiger partial charge in [-0.2, -0.15) is 0 Å². The Labute approximate surface area is 117 Å². The van der Waals surface area contributed by atoms with Crippen molar-refractivity contribution < 1.29 is 8.42 Å². The van der Waals surface area contributed by atoms with Gasteiger partial charge in [0.25, 0.3) is 0 Å². The smallest absolute Gasteiger partial charge is 0.212 e. The second kappa shape index (κ2) is 6.17. The zero-order valence-electron chi connectivity index (χ0n) is 10.3. The van der Waals surface area contributed by atoms with E-state index in [0.29, 0.717) is 24.3 Å². The molecule has 2 rings (SSSR count). The van der Waals surface area contributed by atoms with Gasteiger partial charge in [-0.25, -0.2) is 12.7 Å². The molecule has 0 aliphatic carbocycles. The van der Waals surface area contributed by atoms with E-state index in [0.717, 1.165) is 18.4 Å². The summed E-state index contributed by atoms with van der Waals surface area (Å²) in [6, 6.07) is 9.77. The highest BCUT2D eigenvalue weighted by Gasteiger charge is 2.27. The fraction of sp³-hybridized carbons (Fsp3) is 0.538. The Morgan fingerprint density at radius 1 is 1.28 bits per heavy atom. The van der Waals surface area contributed by atoms with Crippen LogP contribution in [0.2, 0.25) is 0 Å². The molecule has 0 amide bonds. The summed E-state index contributed by atoms with van der Waals surface area (Å²) in [4.78, 5) is 0.303. The lowest BCUT2D eigenvalue weighted by atomic mass is 10.2. The summed E-state index contributed by atoms with van der Waals surface area (Å²) in [5, 5.41) is 0. The molecular formula is C13H18BrNO2S. The van der Waals surface area contributed by atoms with Crippen LogP contribution in [0.1, 0.15) is 18.4 Å². The summed E-state index contributed by atoms with van der Waals surface area (Å²) in [5.74, 6) is 0.205. The third-order valence-corrected chi connectivity index (χ3v) is 5.80. The van der Waals surface area contributed by atoms with Crippen LogP contribution >= 0.6 is 15.9 Å². The number of benzene rings is 1. The Balaban J connectivity index is 1.95. The predicted molar refractivity (Wildman–Crippen MR) is 77.5 cm³/mol. The molecule has 5 heteroatoms. The predicted octanol–water partition coefficient (Wildman–Crippen LogP) is 2.42. The molecule has 1 heterocycles. The van der Waals surface area contributed by atoms with E-state index in [-0.39, 0.29) is 5.75 Å². The van der Waals surface area contributed by atoms with Crippen molar-refractivity contribution in [2.45, 2.75) is 24.1 Å². The van der Waals surface area contributed by atoms with Gasteiger partial charge in [0.1, 0.15) is 0 Å². The van der Waals surface area contributed by atoms with Gasteiger partial charge in [0.2, 0.25) is 10.0 Å². The Morgan fingerprint density at radius 3 is 2.67 bits per heavy atom. The van der Waals surface area contributed by atoms with E-state index in [1.54, 1.807) is 4.31 Å². The number of hydrogen-bond donors (Lipinski definition) is 0. The maximum absolute atomic E-state index is 12.2. The molecule has 0 aromatic heterocycles. The molecule has 1 aromatic rings. The van der Waals surface area contributed by atoms with E-state index in [2.05, 4.69) is 15.9 Å². The summed E-state index contributed by atoms with van der Waals surface area (Å²) < 4.78 is 26.0. The van der Waals surface area contributed by atoms with Crippen molar-refractivity contribution in [3.05, 3.63) is 35.9 Å². The molecule has 3 nitrogen and oxygen atoms in total. The Kier molecular flexibility index (Phi) is 4.81. The van der Waals surface area contributed by atoms with Gasteiger partial charge in [-0.15, -0.1) is 0 Å². The van der Waals surface area contributed by atoms with Gasteiger partial charge in [-0.3, -0.25) is 0 Å². The van der Waals surface area contributed by atoms with Crippen LogP contribution in [0.4, 0.5) is 0 Å². The third-order valence-electron chi connectivity index (χ3n) is 3.21. The highest BCUT2D eigenvalue weighted by atomic mass is 79.9. The lowest BCUT2D eigenvalue weighted by Gasteiger charge is -2.29. The monoisotopic (exact) mass is 331 g/mol. The molecule has 0 spiro atoms. The van der Waals surface area contributed by atoms with Gasteiger partial charge in [0, 0.05) is 17.9 Å². The van der Waals surface area contributed by atoms with E-state index in [4.69, 9.17) is 0 Å². The molecule has 0 bridgehead atoms. The van der Waals surface area contributed by atoms with Crippen LogP contribution in [0.3, 0.4) is 0 Å². The first-order chi connectivity index (χ1) is 8.58. The number of rotatable bonds is 4. The summed E-state index contributed by atoms with van der Waals surface area (Å²) in [5.41, 5.74) is 1.08. The van der Waals surface area contributed by atoms with Gasteiger partial charge in [-0.05, 0) is 24.8 Å². The van der Waals surface area contributed by atoms with E-state index in [1.165, 1.54) is 0 Å². The second-order valence-corrected chi connectivity index (χ2v) is 8.03. The number of halogens is 1. The van der Waals surface area contributed by atoms with Crippen LogP contribution in [-0.2, 0) is 16.4 Å². The molecular weight excluding hydrogens is 314 g/mol. The lowest BCUT2D eigenvalue weighted by Crippen LogP contribution is -2.41. The van der Waals surface area contributed by atoms with Gasteiger partial charge < -0.3 is 0 Å². The fourth-order valence-electron chi connectivity index (χ4n) is 2.17. The molecule has 100 valence electrons. The summed E-state index contributed by atoms with van der Waals surface area (Å²) in [7, 11) is -3.11. The average molecular weight is 332 g/mol. The van der Waals surface area contributed by atoms with Crippen molar-refractivity contribution in [2.75, 3.05) is 18.8 Å². The number of piperidine rings is 1. The minimum Gasteiger partial charge on any atom is -0.212 e. The van der Waals surface area contributed by atoms with Crippen LogP contribution in [0, 0.1) is 0 Å². The summed E-state index contributed by atoms with van der Waals surface area (Å²) in [6.45, 7) is 1.27. The van der Waals surface area contributed by atoms with Crippen molar-refractivity contribution >= 4 is 26.0 Å². The number of alkyl halides is 1. The van der Waals surface area contributed by atoms with E-state index >= 15 is 0 Å². The molecule has 1 unspecified atom stereocenters. The first kappa shape index (κ1) is 14.0. The minimum atomic E-state index is -3.11. The fourth-order valence-corrected chi connectivity index (χ4v) is 4.60. The Morgan fingerprint density at radius 2 is 2.00 bits per heavy atom. The van der Waals surface area contributed by atoms with Crippen molar-refractivity contribution in [2.24, 2.45) is 0 Å². The normalized spacial score (nSPS) is 21.9. The van der Waals surface area contributed by atoms with Gasteiger partial charge in [0.15, 0.2) is 0 Å². The number of hydrogen-bond acceptors (Lipinski definition) is 2. The topological polar surface area (TPSA) is 37.4 Å². The molecule has 0 radical (unpaired) electrons. The molecule has 1 aliphatic rings. The van der Waals surface area contributed by atoms with E-state index < -0.39 is 10.0 Å². The van der Waals surface area contributed by atoms with Gasteiger partial charge in [0.05, 0.1) is 5.75 Å². The third kappa shape index (κ3) is 3.80. The molecule has 1 aliphatic heterocycles. The first-order valence-corrected chi connectivity index (χ1v) is 8.76. The summed E-state index contributed by atoms with van der Waals surface area (Å²) in [6.07, 6.45) is 2.60. The SMILES string of the molecule is O=S(=O)(CCc1ccccc1)N1CCCC(Br)C1. The average Bonchev–Trinajstić information content (AvgIpc) is 2.38.